The van der Waals surface area contributed by atoms with Gasteiger partial charge in [0.1, 0.15) is 0 Å². The number of nitrogens with one attached hydrogen (secondary N) is 1. The van der Waals surface area contributed by atoms with Crippen LogP contribution in [0.3, 0.4) is 0 Å². The smallest absolute Gasteiger partial charge is 0.376 e. The number of halogens is 3. The van der Waals surface area contributed by atoms with Gasteiger partial charge in [0.15, 0.2) is 0 Å². The molecule has 0 spiro atoms. The molecule has 2 unspecified atom stereocenters. The standard InChI is InChI=1S/C14H18F3NO2/c1-18-12(13-9-19-6-7-20-13)8-10-2-4-11(5-3-10)14(15,16)17/h2-5,12-13,18H,6-9H2,1H3. The average molecular weight is 289 g/mol. The maximum atomic E-state index is 12.5. The van der Waals surface area contributed by atoms with Gasteiger partial charge in [0.2, 0.25) is 0 Å². The van der Waals surface area contributed by atoms with Gasteiger partial charge >= 0.3 is 6.18 Å². The van der Waals surface area contributed by atoms with Gasteiger partial charge in [0, 0.05) is 6.04 Å². The van der Waals surface area contributed by atoms with Crippen molar-refractivity contribution in [1.29, 1.82) is 0 Å². The number of ether oxygens (including phenoxy) is 2. The Kier molecular flexibility index (Phi) is 5.01. The topological polar surface area (TPSA) is 30.5 Å². The summed E-state index contributed by atoms with van der Waals surface area (Å²) >= 11 is 0. The van der Waals surface area contributed by atoms with Crippen LogP contribution in [0.1, 0.15) is 11.1 Å². The highest BCUT2D eigenvalue weighted by Gasteiger charge is 2.30. The molecule has 3 nitrogen and oxygen atoms in total. The minimum atomic E-state index is -4.29. The molecular weight excluding hydrogens is 271 g/mol. The molecular formula is C14H18F3NO2. The van der Waals surface area contributed by atoms with Crippen molar-refractivity contribution < 1.29 is 22.6 Å². The zero-order chi connectivity index (χ0) is 14.6. The van der Waals surface area contributed by atoms with Crippen molar-refractivity contribution in [2.75, 3.05) is 26.9 Å². The first-order chi connectivity index (χ1) is 9.50. The summed E-state index contributed by atoms with van der Waals surface area (Å²) in [4.78, 5) is 0. The summed E-state index contributed by atoms with van der Waals surface area (Å²) in [5.41, 5.74) is 0.214. The van der Waals surface area contributed by atoms with Crippen LogP contribution in [-0.2, 0) is 22.1 Å². The van der Waals surface area contributed by atoms with Gasteiger partial charge in [0.25, 0.3) is 0 Å². The number of hydrogen-bond donors (Lipinski definition) is 1. The molecule has 2 rings (SSSR count). The van der Waals surface area contributed by atoms with Gasteiger partial charge in [0.05, 0.1) is 31.5 Å². The minimum Gasteiger partial charge on any atom is -0.376 e. The predicted molar refractivity (Wildman–Crippen MR) is 68.6 cm³/mol. The van der Waals surface area contributed by atoms with E-state index in [-0.39, 0.29) is 12.1 Å². The highest BCUT2D eigenvalue weighted by molar-refractivity contribution is 5.25. The zero-order valence-electron chi connectivity index (χ0n) is 11.2. The molecule has 20 heavy (non-hydrogen) atoms. The van der Waals surface area contributed by atoms with Crippen molar-refractivity contribution in [3.8, 4) is 0 Å². The molecule has 0 radical (unpaired) electrons. The van der Waals surface area contributed by atoms with Crippen molar-refractivity contribution in [2.45, 2.75) is 24.7 Å². The Labute approximate surface area is 116 Å². The van der Waals surface area contributed by atoms with E-state index in [0.717, 1.165) is 17.7 Å². The van der Waals surface area contributed by atoms with Gasteiger partial charge in [-0.15, -0.1) is 0 Å². The lowest BCUT2D eigenvalue weighted by Crippen LogP contribution is -2.46. The van der Waals surface area contributed by atoms with E-state index in [1.807, 2.05) is 7.05 Å². The Morgan fingerprint density at radius 1 is 1.25 bits per heavy atom. The van der Waals surface area contributed by atoms with Crippen LogP contribution < -0.4 is 5.32 Å². The first-order valence-electron chi connectivity index (χ1n) is 6.53. The molecule has 0 amide bonds. The molecule has 1 N–H and O–H groups in total. The molecule has 1 saturated heterocycles. The van der Waals surface area contributed by atoms with Crippen LogP contribution in [0.4, 0.5) is 13.2 Å². The lowest BCUT2D eigenvalue weighted by Gasteiger charge is -2.30. The Hall–Kier alpha value is -1.11. The quantitative estimate of drug-likeness (QED) is 0.922. The summed E-state index contributed by atoms with van der Waals surface area (Å²) in [7, 11) is 1.81. The van der Waals surface area contributed by atoms with E-state index >= 15 is 0 Å². The van der Waals surface area contributed by atoms with Crippen LogP contribution in [0.5, 0.6) is 0 Å². The van der Waals surface area contributed by atoms with Crippen LogP contribution in [0, 0.1) is 0 Å². The third-order valence-electron chi connectivity index (χ3n) is 3.40. The molecule has 0 aromatic heterocycles. The number of rotatable bonds is 4. The SMILES string of the molecule is CNC(Cc1ccc(C(F)(F)F)cc1)C1COCCO1. The zero-order valence-corrected chi connectivity index (χ0v) is 11.2. The van der Waals surface area contributed by atoms with E-state index in [2.05, 4.69) is 5.32 Å². The third kappa shape index (κ3) is 3.94. The number of benzene rings is 1. The fourth-order valence-corrected chi connectivity index (χ4v) is 2.24. The summed E-state index contributed by atoms with van der Waals surface area (Å²) in [5.74, 6) is 0. The molecule has 1 heterocycles. The summed E-state index contributed by atoms with van der Waals surface area (Å²) in [6.07, 6.45) is -3.76. The van der Waals surface area contributed by atoms with Crippen molar-refractivity contribution in [3.05, 3.63) is 35.4 Å². The molecule has 1 aliphatic heterocycles. The monoisotopic (exact) mass is 289 g/mol. The van der Waals surface area contributed by atoms with E-state index in [4.69, 9.17) is 9.47 Å². The van der Waals surface area contributed by atoms with Gasteiger partial charge in [-0.25, -0.2) is 0 Å². The van der Waals surface area contributed by atoms with Gasteiger partial charge in [-0.05, 0) is 31.2 Å². The molecule has 1 aromatic carbocycles. The Morgan fingerprint density at radius 2 is 1.95 bits per heavy atom. The van der Waals surface area contributed by atoms with E-state index in [0.29, 0.717) is 26.2 Å². The van der Waals surface area contributed by atoms with Crippen molar-refractivity contribution in [3.63, 3.8) is 0 Å². The lowest BCUT2D eigenvalue weighted by atomic mass is 10.00. The van der Waals surface area contributed by atoms with Gasteiger partial charge < -0.3 is 14.8 Å². The lowest BCUT2D eigenvalue weighted by molar-refractivity contribution is -0.137. The summed E-state index contributed by atoms with van der Waals surface area (Å²) in [6, 6.07) is 5.26. The number of likely N-dealkylation sites (N-methyl/N-ethyl adjacent to an activating group) is 1. The number of hydrogen-bond acceptors (Lipinski definition) is 3. The van der Waals surface area contributed by atoms with E-state index < -0.39 is 11.7 Å². The van der Waals surface area contributed by atoms with Crippen LogP contribution in [0.15, 0.2) is 24.3 Å². The van der Waals surface area contributed by atoms with E-state index in [1.54, 1.807) is 0 Å². The summed E-state index contributed by atoms with van der Waals surface area (Å²) < 4.78 is 48.4. The second-order valence-electron chi connectivity index (χ2n) is 4.78. The van der Waals surface area contributed by atoms with Crippen molar-refractivity contribution >= 4 is 0 Å². The normalized spacial score (nSPS) is 21.7. The van der Waals surface area contributed by atoms with E-state index in [1.165, 1.54) is 12.1 Å². The Bertz CT molecular complexity index is 413. The van der Waals surface area contributed by atoms with Gasteiger partial charge in [-0.1, -0.05) is 12.1 Å². The van der Waals surface area contributed by atoms with E-state index in [9.17, 15) is 13.2 Å². The third-order valence-corrected chi connectivity index (χ3v) is 3.40. The molecule has 0 aliphatic carbocycles. The molecule has 6 heteroatoms. The van der Waals surface area contributed by atoms with Crippen molar-refractivity contribution in [1.82, 2.24) is 5.32 Å². The maximum Gasteiger partial charge on any atom is 0.416 e. The molecule has 2 atom stereocenters. The highest BCUT2D eigenvalue weighted by atomic mass is 19.4. The minimum absolute atomic E-state index is 0.0204. The number of alkyl halides is 3. The maximum absolute atomic E-state index is 12.5. The van der Waals surface area contributed by atoms with Crippen LogP contribution in [0.2, 0.25) is 0 Å². The van der Waals surface area contributed by atoms with Crippen LogP contribution >= 0.6 is 0 Å². The Morgan fingerprint density at radius 3 is 2.45 bits per heavy atom. The largest absolute Gasteiger partial charge is 0.416 e. The molecule has 1 aliphatic rings. The molecule has 1 fully saturated rings. The van der Waals surface area contributed by atoms with Crippen LogP contribution in [0.25, 0.3) is 0 Å². The molecule has 1 aromatic rings. The first kappa shape index (κ1) is 15.3. The Balaban J connectivity index is 2.00. The predicted octanol–water partition coefficient (Wildman–Crippen LogP) is 2.25. The molecule has 112 valence electrons. The highest BCUT2D eigenvalue weighted by Crippen LogP contribution is 2.29. The molecule has 0 saturated carbocycles. The second-order valence-corrected chi connectivity index (χ2v) is 4.78. The second kappa shape index (κ2) is 6.56. The fraction of sp³-hybridized carbons (Fsp3) is 0.571. The first-order valence-corrected chi connectivity index (χ1v) is 6.53. The van der Waals surface area contributed by atoms with Gasteiger partial charge in [-0.2, -0.15) is 13.2 Å². The summed E-state index contributed by atoms with van der Waals surface area (Å²) in [5, 5.41) is 3.14. The summed E-state index contributed by atoms with van der Waals surface area (Å²) in [6.45, 7) is 1.65. The molecule has 0 bridgehead atoms. The van der Waals surface area contributed by atoms with Gasteiger partial charge in [-0.3, -0.25) is 0 Å². The van der Waals surface area contributed by atoms with Crippen LogP contribution in [-0.4, -0.2) is 39.0 Å². The van der Waals surface area contributed by atoms with Crippen molar-refractivity contribution in [2.24, 2.45) is 0 Å². The fourth-order valence-electron chi connectivity index (χ4n) is 2.24. The average Bonchev–Trinajstić information content (AvgIpc) is 2.45.